The second kappa shape index (κ2) is 4.09. The van der Waals surface area contributed by atoms with Crippen LogP contribution in [0.2, 0.25) is 0 Å². The van der Waals surface area contributed by atoms with E-state index in [9.17, 15) is 0 Å². The maximum atomic E-state index is 4.42. The van der Waals surface area contributed by atoms with E-state index in [0.29, 0.717) is 5.92 Å². The van der Waals surface area contributed by atoms with E-state index in [2.05, 4.69) is 25.1 Å². The van der Waals surface area contributed by atoms with Crippen molar-refractivity contribution >= 4 is 0 Å². The molecule has 5 heteroatoms. The second-order valence-corrected chi connectivity index (χ2v) is 4.21. The average molecular weight is 217 g/mol. The third-order valence-corrected chi connectivity index (χ3v) is 3.08. The number of nitrogens with zero attached hydrogens (tertiary/aromatic N) is 3. The molecule has 0 radical (unpaired) electrons. The Bertz CT molecular complexity index is 439. The first kappa shape index (κ1) is 9.59. The minimum absolute atomic E-state index is 0.708. The molecule has 2 aromatic heterocycles. The van der Waals surface area contributed by atoms with Crippen LogP contribution < -0.4 is 5.32 Å². The molecule has 1 unspecified atom stereocenters. The Labute approximate surface area is 93.9 Å². The molecule has 1 aliphatic heterocycles. The Hall–Kier alpha value is -1.62. The summed E-state index contributed by atoms with van der Waals surface area (Å²) in [5.41, 5.74) is 0. The van der Waals surface area contributed by atoms with Crippen LogP contribution in [0.1, 0.15) is 12.2 Å². The third kappa shape index (κ3) is 1.74. The van der Waals surface area contributed by atoms with Crippen LogP contribution in [0.4, 0.5) is 0 Å². The van der Waals surface area contributed by atoms with Gasteiger partial charge >= 0.3 is 0 Å². The Morgan fingerprint density at radius 2 is 2.50 bits per heavy atom. The number of hydrogen-bond acceptors (Lipinski definition) is 3. The summed E-state index contributed by atoms with van der Waals surface area (Å²) in [6.45, 7) is 2.24. The number of rotatable bonds is 3. The molecule has 16 heavy (non-hydrogen) atoms. The van der Waals surface area contributed by atoms with Gasteiger partial charge in [0.25, 0.3) is 0 Å². The number of aromatic amines is 1. The predicted molar refractivity (Wildman–Crippen MR) is 60.4 cm³/mol. The molecule has 2 aromatic rings. The molecule has 5 nitrogen and oxygen atoms in total. The van der Waals surface area contributed by atoms with Gasteiger partial charge in [-0.2, -0.15) is 5.10 Å². The van der Waals surface area contributed by atoms with Gasteiger partial charge in [0.15, 0.2) is 5.82 Å². The lowest BCUT2D eigenvalue weighted by atomic mass is 10.0. The Balaban J connectivity index is 1.82. The minimum atomic E-state index is 0.708. The smallest absolute Gasteiger partial charge is 0.159 e. The lowest BCUT2D eigenvalue weighted by Gasteiger charge is -2.08. The molecule has 1 saturated heterocycles. The van der Waals surface area contributed by atoms with Crippen LogP contribution in [0.5, 0.6) is 0 Å². The first-order valence-corrected chi connectivity index (χ1v) is 5.66. The van der Waals surface area contributed by atoms with E-state index in [1.807, 2.05) is 24.7 Å². The Morgan fingerprint density at radius 1 is 1.50 bits per heavy atom. The molecule has 1 fully saturated rings. The lowest BCUT2D eigenvalue weighted by Crippen LogP contribution is -2.13. The average Bonchev–Trinajstić information content (AvgIpc) is 2.98. The Morgan fingerprint density at radius 3 is 3.25 bits per heavy atom. The molecular formula is C11H15N5. The molecule has 0 amide bonds. The molecule has 2 N–H and O–H groups in total. The topological polar surface area (TPSA) is 58.5 Å². The molecule has 0 bridgehead atoms. The van der Waals surface area contributed by atoms with Crippen molar-refractivity contribution in [2.75, 3.05) is 13.1 Å². The summed E-state index contributed by atoms with van der Waals surface area (Å²) < 4.78 is 2.05. The number of imidazole rings is 1. The minimum Gasteiger partial charge on any atom is -0.316 e. The van der Waals surface area contributed by atoms with Crippen LogP contribution in [-0.4, -0.2) is 32.8 Å². The van der Waals surface area contributed by atoms with Crippen molar-refractivity contribution in [1.82, 2.24) is 25.1 Å². The largest absolute Gasteiger partial charge is 0.316 e. The molecule has 1 aliphatic rings. The van der Waals surface area contributed by atoms with Gasteiger partial charge in [-0.1, -0.05) is 0 Å². The summed E-state index contributed by atoms with van der Waals surface area (Å²) >= 11 is 0. The van der Waals surface area contributed by atoms with Gasteiger partial charge in [-0.15, -0.1) is 0 Å². The molecule has 0 aromatic carbocycles. The van der Waals surface area contributed by atoms with E-state index in [-0.39, 0.29) is 0 Å². The first-order chi connectivity index (χ1) is 7.93. The predicted octanol–water partition coefficient (Wildman–Crippen LogP) is 0.747. The van der Waals surface area contributed by atoms with Gasteiger partial charge < -0.3 is 5.32 Å². The molecule has 3 heterocycles. The fourth-order valence-corrected chi connectivity index (χ4v) is 2.23. The SMILES string of the molecule is c1cn(-c2cc[nH]n2)c(CC2CCNC2)n1. The van der Waals surface area contributed by atoms with E-state index in [4.69, 9.17) is 0 Å². The van der Waals surface area contributed by atoms with Crippen LogP contribution in [0.15, 0.2) is 24.7 Å². The van der Waals surface area contributed by atoms with Crippen molar-refractivity contribution < 1.29 is 0 Å². The Kier molecular flexibility index (Phi) is 2.46. The van der Waals surface area contributed by atoms with Gasteiger partial charge in [-0.3, -0.25) is 9.67 Å². The van der Waals surface area contributed by atoms with Crippen molar-refractivity contribution in [2.24, 2.45) is 5.92 Å². The maximum absolute atomic E-state index is 4.42. The summed E-state index contributed by atoms with van der Waals surface area (Å²) in [5, 5.41) is 10.4. The molecule has 0 saturated carbocycles. The molecule has 84 valence electrons. The normalized spacial score (nSPS) is 20.4. The van der Waals surface area contributed by atoms with Gasteiger partial charge in [-0.05, 0) is 25.4 Å². The number of H-pyrrole nitrogens is 1. The van der Waals surface area contributed by atoms with E-state index < -0.39 is 0 Å². The highest BCUT2D eigenvalue weighted by atomic mass is 15.2. The molecule has 1 atom stereocenters. The van der Waals surface area contributed by atoms with Gasteiger partial charge in [-0.25, -0.2) is 4.98 Å². The monoisotopic (exact) mass is 217 g/mol. The number of hydrogen-bond donors (Lipinski definition) is 2. The van der Waals surface area contributed by atoms with E-state index in [0.717, 1.165) is 31.2 Å². The van der Waals surface area contributed by atoms with Crippen LogP contribution in [0.3, 0.4) is 0 Å². The van der Waals surface area contributed by atoms with Crippen molar-refractivity contribution in [1.29, 1.82) is 0 Å². The van der Waals surface area contributed by atoms with Crippen molar-refractivity contribution in [3.63, 3.8) is 0 Å². The van der Waals surface area contributed by atoms with E-state index in [1.54, 1.807) is 0 Å². The van der Waals surface area contributed by atoms with E-state index in [1.165, 1.54) is 6.42 Å². The summed E-state index contributed by atoms with van der Waals surface area (Å²) in [6, 6.07) is 1.96. The van der Waals surface area contributed by atoms with Crippen molar-refractivity contribution in [3.05, 3.63) is 30.5 Å². The first-order valence-electron chi connectivity index (χ1n) is 5.66. The van der Waals surface area contributed by atoms with Crippen molar-refractivity contribution in [2.45, 2.75) is 12.8 Å². The van der Waals surface area contributed by atoms with Crippen LogP contribution in [0, 0.1) is 5.92 Å². The fourth-order valence-electron chi connectivity index (χ4n) is 2.23. The molecule has 0 aliphatic carbocycles. The zero-order valence-corrected chi connectivity index (χ0v) is 9.06. The van der Waals surface area contributed by atoms with Gasteiger partial charge in [0.05, 0.1) is 0 Å². The molecule has 0 spiro atoms. The summed E-state index contributed by atoms with van der Waals surface area (Å²) in [6.07, 6.45) is 7.90. The van der Waals surface area contributed by atoms with Crippen LogP contribution in [0.25, 0.3) is 5.82 Å². The summed E-state index contributed by atoms with van der Waals surface area (Å²) in [4.78, 5) is 4.42. The van der Waals surface area contributed by atoms with Crippen molar-refractivity contribution in [3.8, 4) is 5.82 Å². The second-order valence-electron chi connectivity index (χ2n) is 4.21. The fraction of sp³-hybridized carbons (Fsp3) is 0.455. The van der Waals surface area contributed by atoms with Gasteiger partial charge in [0.1, 0.15) is 5.82 Å². The zero-order valence-electron chi connectivity index (χ0n) is 9.06. The molecule has 3 rings (SSSR count). The highest BCUT2D eigenvalue weighted by molar-refractivity contribution is 5.22. The quantitative estimate of drug-likeness (QED) is 0.797. The third-order valence-electron chi connectivity index (χ3n) is 3.08. The van der Waals surface area contributed by atoms with E-state index >= 15 is 0 Å². The van der Waals surface area contributed by atoms with Gasteiger partial charge in [0, 0.05) is 31.1 Å². The highest BCUT2D eigenvalue weighted by Crippen LogP contribution is 2.16. The lowest BCUT2D eigenvalue weighted by molar-refractivity contribution is 0.556. The van der Waals surface area contributed by atoms with Gasteiger partial charge in [0.2, 0.25) is 0 Å². The molecular weight excluding hydrogens is 202 g/mol. The maximum Gasteiger partial charge on any atom is 0.159 e. The van der Waals surface area contributed by atoms with Crippen LogP contribution in [-0.2, 0) is 6.42 Å². The summed E-state index contributed by atoms with van der Waals surface area (Å²) in [7, 11) is 0. The number of nitrogens with one attached hydrogen (secondary N) is 2. The summed E-state index contributed by atoms with van der Waals surface area (Å²) in [5.74, 6) is 2.72. The van der Waals surface area contributed by atoms with Crippen LogP contribution >= 0.6 is 0 Å². The zero-order chi connectivity index (χ0) is 10.8. The highest BCUT2D eigenvalue weighted by Gasteiger charge is 2.18. The standard InChI is InChI=1S/C11H15N5/c1-3-12-8-9(1)7-11-13-5-6-16(11)10-2-4-14-15-10/h2,4-6,9,12H,1,3,7-8H2,(H,14,15). The number of aromatic nitrogens is 4.